The monoisotopic (exact) mass is 429 g/mol. The molecule has 0 saturated carbocycles. The van der Waals surface area contributed by atoms with Crippen molar-refractivity contribution >= 4 is 27.4 Å². The van der Waals surface area contributed by atoms with Crippen molar-refractivity contribution in [3.8, 4) is 17.2 Å². The Hall–Kier alpha value is -3.34. The van der Waals surface area contributed by atoms with Crippen LogP contribution in [0.3, 0.4) is 0 Å². The molecular formula is C24H23N5OS. The average molecular weight is 430 g/mol. The van der Waals surface area contributed by atoms with E-state index >= 15 is 0 Å². The Bertz CT molecular complexity index is 1240. The molecule has 2 heterocycles. The van der Waals surface area contributed by atoms with Gasteiger partial charge in [-0.2, -0.15) is 5.26 Å². The Kier molecular flexibility index (Phi) is 5.94. The topological polar surface area (TPSA) is 94.7 Å². The molecule has 2 aromatic carbocycles. The number of hydrogen-bond acceptors (Lipinski definition) is 7. The van der Waals surface area contributed by atoms with E-state index in [2.05, 4.69) is 26.6 Å². The normalized spacial score (nSPS) is 11.4. The quantitative estimate of drug-likeness (QED) is 0.417. The number of rotatable bonds is 7. The van der Waals surface area contributed by atoms with Crippen molar-refractivity contribution in [1.29, 1.82) is 5.26 Å². The van der Waals surface area contributed by atoms with Crippen LogP contribution in [0.15, 0.2) is 54.6 Å². The minimum Gasteiger partial charge on any atom is -0.383 e. The van der Waals surface area contributed by atoms with Crippen molar-refractivity contribution in [1.82, 2.24) is 15.2 Å². The first-order valence-corrected chi connectivity index (χ1v) is 11.1. The first-order chi connectivity index (χ1) is 15.1. The van der Waals surface area contributed by atoms with Gasteiger partial charge < -0.3 is 10.4 Å². The molecule has 2 N–H and O–H groups in total. The first kappa shape index (κ1) is 20.9. The third-order valence-electron chi connectivity index (χ3n) is 5.51. The van der Waals surface area contributed by atoms with Crippen LogP contribution in [0, 0.1) is 11.3 Å². The van der Waals surface area contributed by atoms with Gasteiger partial charge in [0.1, 0.15) is 17.4 Å². The molecule has 0 aliphatic rings. The van der Waals surface area contributed by atoms with Gasteiger partial charge in [0.25, 0.3) is 0 Å². The van der Waals surface area contributed by atoms with Crippen LogP contribution < -0.4 is 5.32 Å². The van der Waals surface area contributed by atoms with Crippen LogP contribution in [0.25, 0.3) is 22.0 Å². The Morgan fingerprint density at radius 3 is 2.55 bits per heavy atom. The number of pyridine rings is 1. The van der Waals surface area contributed by atoms with Gasteiger partial charge in [-0.15, -0.1) is 10.2 Å². The molecule has 4 aromatic rings. The number of hydrogen-bond donors (Lipinski definition) is 2. The Morgan fingerprint density at radius 1 is 1.06 bits per heavy atom. The van der Waals surface area contributed by atoms with Gasteiger partial charge in [-0.3, -0.25) is 0 Å². The highest BCUT2D eigenvalue weighted by Crippen LogP contribution is 2.33. The second kappa shape index (κ2) is 8.80. The summed E-state index contributed by atoms with van der Waals surface area (Å²) in [6.45, 7) is 4.43. The molecule has 0 saturated heterocycles. The lowest BCUT2D eigenvalue weighted by molar-refractivity contribution is 0.0275. The van der Waals surface area contributed by atoms with Gasteiger partial charge in [-0.25, -0.2) is 4.98 Å². The summed E-state index contributed by atoms with van der Waals surface area (Å²) in [4.78, 5) is 4.51. The van der Waals surface area contributed by atoms with E-state index in [1.165, 1.54) is 11.3 Å². The maximum absolute atomic E-state index is 10.6. The highest BCUT2D eigenvalue weighted by atomic mass is 32.1. The van der Waals surface area contributed by atoms with Crippen molar-refractivity contribution in [2.75, 3.05) is 5.32 Å². The second-order valence-corrected chi connectivity index (χ2v) is 8.37. The number of anilines is 1. The SMILES string of the molecule is CCC(O)(CC)c1nnc(NCc2ccc3c(-c4ccccc4)cc(C#N)nc3c2)s1. The van der Waals surface area contributed by atoms with Crippen LogP contribution in [0.1, 0.15) is 43.0 Å². The van der Waals surface area contributed by atoms with E-state index in [-0.39, 0.29) is 0 Å². The van der Waals surface area contributed by atoms with Crippen molar-refractivity contribution in [2.45, 2.75) is 38.8 Å². The molecule has 0 aliphatic carbocycles. The average Bonchev–Trinajstić information content (AvgIpc) is 3.31. The lowest BCUT2D eigenvalue weighted by Gasteiger charge is -2.21. The van der Waals surface area contributed by atoms with Gasteiger partial charge in [0.05, 0.1) is 5.52 Å². The van der Waals surface area contributed by atoms with Crippen molar-refractivity contribution in [2.24, 2.45) is 0 Å². The van der Waals surface area contributed by atoms with Crippen molar-refractivity contribution in [3.63, 3.8) is 0 Å². The van der Waals surface area contributed by atoms with E-state index in [1.54, 1.807) is 0 Å². The molecule has 0 atom stereocenters. The molecule has 7 heteroatoms. The summed E-state index contributed by atoms with van der Waals surface area (Å²) < 4.78 is 0. The van der Waals surface area contributed by atoms with Gasteiger partial charge in [-0.05, 0) is 41.7 Å². The maximum Gasteiger partial charge on any atom is 0.206 e. The van der Waals surface area contributed by atoms with Gasteiger partial charge in [0, 0.05) is 11.9 Å². The van der Waals surface area contributed by atoms with Crippen molar-refractivity contribution < 1.29 is 5.11 Å². The van der Waals surface area contributed by atoms with E-state index < -0.39 is 5.60 Å². The van der Waals surface area contributed by atoms with E-state index in [0.717, 1.165) is 27.6 Å². The molecule has 6 nitrogen and oxygen atoms in total. The lowest BCUT2D eigenvalue weighted by atomic mass is 9.99. The molecule has 0 radical (unpaired) electrons. The van der Waals surface area contributed by atoms with Crippen LogP contribution in [0.2, 0.25) is 0 Å². The lowest BCUT2D eigenvalue weighted by Crippen LogP contribution is -2.23. The number of nitrogens with zero attached hydrogens (tertiary/aromatic N) is 4. The molecule has 0 fully saturated rings. The van der Waals surface area contributed by atoms with E-state index in [1.807, 2.05) is 68.4 Å². The summed E-state index contributed by atoms with van der Waals surface area (Å²) in [6, 6.07) is 20.1. The van der Waals surface area contributed by atoms with Crippen molar-refractivity contribution in [3.05, 3.63) is 70.9 Å². The molecule has 31 heavy (non-hydrogen) atoms. The third-order valence-corrected chi connectivity index (χ3v) is 6.58. The Labute approximate surface area is 185 Å². The molecule has 4 rings (SSSR count). The van der Waals surface area contributed by atoms with Crippen LogP contribution in [0.5, 0.6) is 0 Å². The number of fused-ring (bicyclic) bond motifs is 1. The Balaban J connectivity index is 1.60. The first-order valence-electron chi connectivity index (χ1n) is 10.3. The van der Waals surface area contributed by atoms with Gasteiger partial charge in [0.2, 0.25) is 5.13 Å². The molecule has 2 aromatic heterocycles. The Morgan fingerprint density at radius 2 is 1.84 bits per heavy atom. The molecule has 156 valence electrons. The van der Waals surface area contributed by atoms with E-state index in [0.29, 0.717) is 35.2 Å². The number of nitriles is 1. The minimum absolute atomic E-state index is 0.392. The van der Waals surface area contributed by atoms with Crippen LogP contribution in [-0.4, -0.2) is 20.3 Å². The number of aliphatic hydroxyl groups is 1. The maximum atomic E-state index is 10.6. The van der Waals surface area contributed by atoms with Gasteiger partial charge in [0.15, 0.2) is 5.01 Å². The van der Waals surface area contributed by atoms with Crippen LogP contribution in [0.4, 0.5) is 5.13 Å². The molecule has 0 amide bonds. The third kappa shape index (κ3) is 4.26. The highest BCUT2D eigenvalue weighted by molar-refractivity contribution is 7.15. The standard InChI is InChI=1S/C24H23N5OS/c1-3-24(30,4-2)22-28-29-23(31-22)26-15-16-10-11-19-20(17-8-6-5-7-9-17)13-18(14-25)27-21(19)12-16/h5-13,30H,3-4,15H2,1-2H3,(H,26,29). The summed E-state index contributed by atoms with van der Waals surface area (Å²) in [6.07, 6.45) is 1.19. The minimum atomic E-state index is -0.925. The number of aromatic nitrogens is 3. The second-order valence-electron chi connectivity index (χ2n) is 7.39. The largest absolute Gasteiger partial charge is 0.383 e. The zero-order chi connectivity index (χ0) is 21.8. The molecule has 0 bridgehead atoms. The zero-order valence-corrected chi connectivity index (χ0v) is 18.3. The number of nitrogens with one attached hydrogen (secondary N) is 1. The summed E-state index contributed by atoms with van der Waals surface area (Å²) >= 11 is 1.38. The van der Waals surface area contributed by atoms with E-state index in [9.17, 15) is 10.4 Å². The fraction of sp³-hybridized carbons (Fsp3) is 0.250. The van der Waals surface area contributed by atoms with Gasteiger partial charge in [-0.1, -0.05) is 67.6 Å². The van der Waals surface area contributed by atoms with Crippen LogP contribution in [-0.2, 0) is 12.1 Å². The van der Waals surface area contributed by atoms with Gasteiger partial charge >= 0.3 is 0 Å². The zero-order valence-electron chi connectivity index (χ0n) is 17.5. The molecular weight excluding hydrogens is 406 g/mol. The molecule has 0 aliphatic heterocycles. The molecule has 0 spiro atoms. The predicted octanol–water partition coefficient (Wildman–Crippen LogP) is 5.24. The summed E-state index contributed by atoms with van der Waals surface area (Å²) in [5, 5.41) is 34.0. The predicted molar refractivity (Wildman–Crippen MR) is 124 cm³/mol. The highest BCUT2D eigenvalue weighted by Gasteiger charge is 2.29. The summed E-state index contributed by atoms with van der Waals surface area (Å²) in [5.41, 5.74) is 3.32. The summed E-state index contributed by atoms with van der Waals surface area (Å²) in [5.74, 6) is 0. The van der Waals surface area contributed by atoms with E-state index in [4.69, 9.17) is 0 Å². The van der Waals surface area contributed by atoms with Crippen LogP contribution >= 0.6 is 11.3 Å². The fourth-order valence-electron chi connectivity index (χ4n) is 3.51. The number of benzene rings is 2. The smallest absolute Gasteiger partial charge is 0.206 e. The summed E-state index contributed by atoms with van der Waals surface area (Å²) in [7, 11) is 0. The fourth-order valence-corrected chi connectivity index (χ4v) is 4.48. The molecule has 0 unspecified atom stereocenters.